The fraction of sp³-hybridized carbons (Fsp3) is 0.844. The van der Waals surface area contributed by atoms with Crippen LogP contribution >= 0.6 is 0 Å². The number of allylic oxidation sites excluding steroid dienone is 4. The van der Waals surface area contributed by atoms with E-state index >= 15 is 0 Å². The monoisotopic (exact) mass is 741 g/mol. The first kappa shape index (κ1) is 43.5. The Morgan fingerprint density at radius 3 is 1.85 bits per heavy atom. The van der Waals surface area contributed by atoms with Gasteiger partial charge in [-0.1, -0.05) is 89.5 Å². The smallest absolute Gasteiger partial charge is 0.309 e. The number of esters is 3. The SMILES string of the molecule is CCCCC/C=C\C/C=C\CCCCCCCC(=O)OCC(COC(=O)C1CCN(C2CCN(CC)CC2)CC1)COC(=O)C1CC2CCCC(C2)C1. The van der Waals surface area contributed by atoms with Gasteiger partial charge in [-0.25, -0.2) is 0 Å². The van der Waals surface area contributed by atoms with Crippen molar-refractivity contribution in [3.63, 3.8) is 0 Å². The van der Waals surface area contributed by atoms with E-state index in [0.29, 0.717) is 24.3 Å². The van der Waals surface area contributed by atoms with Crippen LogP contribution in [0.15, 0.2) is 24.3 Å². The van der Waals surface area contributed by atoms with E-state index in [1.165, 1.54) is 77.0 Å². The third-order valence-electron chi connectivity index (χ3n) is 12.6. The maximum absolute atomic E-state index is 13.2. The molecule has 0 aromatic carbocycles. The number of hydrogen-bond donors (Lipinski definition) is 0. The van der Waals surface area contributed by atoms with Gasteiger partial charge in [-0.15, -0.1) is 0 Å². The van der Waals surface area contributed by atoms with Crippen molar-refractivity contribution in [1.82, 2.24) is 9.80 Å². The molecule has 2 heterocycles. The molecule has 0 N–H and O–H groups in total. The molecule has 4 fully saturated rings. The van der Waals surface area contributed by atoms with Gasteiger partial charge in [-0.2, -0.15) is 0 Å². The van der Waals surface area contributed by atoms with E-state index in [2.05, 4.69) is 48.0 Å². The van der Waals surface area contributed by atoms with Crippen molar-refractivity contribution in [2.45, 2.75) is 161 Å². The number of ether oxygens (including phenoxy) is 3. The van der Waals surface area contributed by atoms with Crippen LogP contribution in [0.3, 0.4) is 0 Å². The van der Waals surface area contributed by atoms with E-state index in [9.17, 15) is 14.4 Å². The number of fused-ring (bicyclic) bond motifs is 2. The van der Waals surface area contributed by atoms with Crippen molar-refractivity contribution in [3.05, 3.63) is 24.3 Å². The van der Waals surface area contributed by atoms with Crippen LogP contribution in [0.5, 0.6) is 0 Å². The average Bonchev–Trinajstić information content (AvgIpc) is 3.18. The fourth-order valence-electron chi connectivity index (χ4n) is 9.17. The van der Waals surface area contributed by atoms with Crippen molar-refractivity contribution in [1.29, 1.82) is 0 Å². The van der Waals surface area contributed by atoms with E-state index < -0.39 is 0 Å². The fourth-order valence-corrected chi connectivity index (χ4v) is 9.17. The van der Waals surface area contributed by atoms with Gasteiger partial charge >= 0.3 is 17.9 Å². The lowest BCUT2D eigenvalue weighted by molar-refractivity contribution is -0.159. The number of carbonyl (C=O) groups is 3. The Morgan fingerprint density at radius 2 is 1.21 bits per heavy atom. The molecule has 8 heteroatoms. The molecule has 0 spiro atoms. The average molecular weight is 741 g/mol. The molecule has 3 unspecified atom stereocenters. The van der Waals surface area contributed by atoms with Crippen molar-refractivity contribution in [2.75, 3.05) is 52.5 Å². The summed E-state index contributed by atoms with van der Waals surface area (Å²) in [5.41, 5.74) is 0. The number of piperidine rings is 2. The molecule has 4 rings (SSSR count). The summed E-state index contributed by atoms with van der Waals surface area (Å²) in [6.07, 6.45) is 32.9. The van der Waals surface area contributed by atoms with Gasteiger partial charge in [0.2, 0.25) is 0 Å². The minimum absolute atomic E-state index is 0.0394. The first-order valence-electron chi connectivity index (χ1n) is 22.2. The second-order valence-electron chi connectivity index (χ2n) is 16.8. The highest BCUT2D eigenvalue weighted by atomic mass is 16.6. The van der Waals surface area contributed by atoms with Crippen molar-refractivity contribution in [2.24, 2.45) is 29.6 Å². The van der Waals surface area contributed by atoms with Gasteiger partial charge in [0.25, 0.3) is 0 Å². The number of unbranched alkanes of at least 4 members (excludes halogenated alkanes) is 8. The molecule has 2 saturated heterocycles. The number of hydrogen-bond acceptors (Lipinski definition) is 8. The first-order chi connectivity index (χ1) is 25.9. The Balaban J connectivity index is 1.12. The van der Waals surface area contributed by atoms with Gasteiger partial charge in [0, 0.05) is 12.5 Å². The molecule has 3 atom stereocenters. The molecule has 0 amide bonds. The standard InChI is InChI=1S/C45H76N2O6/c1-3-5-6-7-8-9-10-11-12-13-14-15-16-17-18-22-43(48)51-34-39(36-53-45(50)41-32-37-20-19-21-38(31-37)33-41)35-52-44(49)40-23-29-47(30-24-40)42-25-27-46(4-2)28-26-42/h8-9,11-12,37-42H,3-7,10,13-36H2,1-2H3/b9-8-,12-11-. The van der Waals surface area contributed by atoms with Gasteiger partial charge in [-0.3, -0.25) is 14.4 Å². The Hall–Kier alpha value is -2.19. The third-order valence-corrected chi connectivity index (χ3v) is 12.6. The summed E-state index contributed by atoms with van der Waals surface area (Å²) < 4.78 is 17.4. The maximum atomic E-state index is 13.2. The van der Waals surface area contributed by atoms with Gasteiger partial charge in [0.05, 0.1) is 17.8 Å². The molecule has 8 nitrogen and oxygen atoms in total. The maximum Gasteiger partial charge on any atom is 0.309 e. The largest absolute Gasteiger partial charge is 0.465 e. The summed E-state index contributed by atoms with van der Waals surface area (Å²) in [7, 11) is 0. The minimum atomic E-state index is -0.358. The van der Waals surface area contributed by atoms with Gasteiger partial charge in [0.15, 0.2) is 0 Å². The predicted molar refractivity (Wildman–Crippen MR) is 213 cm³/mol. The van der Waals surface area contributed by atoms with E-state index in [1.807, 2.05) is 0 Å². The lowest BCUT2D eigenvalue weighted by Crippen LogP contribution is -2.48. The van der Waals surface area contributed by atoms with E-state index in [4.69, 9.17) is 14.2 Å². The highest BCUT2D eigenvalue weighted by molar-refractivity contribution is 5.73. The number of carbonyl (C=O) groups excluding carboxylic acids is 3. The molecular formula is C45H76N2O6. The van der Waals surface area contributed by atoms with Crippen LogP contribution in [-0.4, -0.2) is 86.3 Å². The zero-order valence-electron chi connectivity index (χ0n) is 33.8. The topological polar surface area (TPSA) is 85.4 Å². The number of nitrogens with zero attached hydrogens (tertiary/aromatic N) is 2. The van der Waals surface area contributed by atoms with E-state index in [0.717, 1.165) is 90.5 Å². The molecule has 4 aliphatic rings. The Labute approximate surface area is 323 Å². The molecule has 2 aliphatic heterocycles. The predicted octanol–water partition coefficient (Wildman–Crippen LogP) is 9.46. The van der Waals surface area contributed by atoms with Crippen LogP contribution in [0.1, 0.15) is 155 Å². The highest BCUT2D eigenvalue weighted by Crippen LogP contribution is 2.43. The molecule has 53 heavy (non-hydrogen) atoms. The van der Waals surface area contributed by atoms with Crippen LogP contribution in [-0.2, 0) is 28.6 Å². The molecule has 0 radical (unpaired) electrons. The number of likely N-dealkylation sites (tertiary alicyclic amines) is 2. The molecule has 302 valence electrons. The molecule has 2 aliphatic carbocycles. The summed E-state index contributed by atoms with van der Waals surface area (Å²) >= 11 is 0. The molecule has 0 aromatic heterocycles. The van der Waals surface area contributed by atoms with E-state index in [1.54, 1.807) is 0 Å². The molecular weight excluding hydrogens is 665 g/mol. The highest BCUT2D eigenvalue weighted by Gasteiger charge is 2.36. The lowest BCUT2D eigenvalue weighted by atomic mass is 9.68. The van der Waals surface area contributed by atoms with Crippen LogP contribution in [0.2, 0.25) is 0 Å². The van der Waals surface area contributed by atoms with Gasteiger partial charge in [-0.05, 0) is 128 Å². The normalized spacial score (nSPS) is 24.1. The summed E-state index contributed by atoms with van der Waals surface area (Å²) in [5.74, 6) is 0.254. The Bertz CT molecular complexity index is 1080. The molecule has 2 saturated carbocycles. The summed E-state index contributed by atoms with van der Waals surface area (Å²) in [6.45, 7) is 10.1. The Kier molecular flexibility index (Phi) is 21.2. The minimum Gasteiger partial charge on any atom is -0.465 e. The van der Waals surface area contributed by atoms with Crippen LogP contribution in [0.25, 0.3) is 0 Å². The second-order valence-corrected chi connectivity index (χ2v) is 16.8. The quantitative estimate of drug-likeness (QED) is 0.0419. The summed E-state index contributed by atoms with van der Waals surface area (Å²) in [6, 6.07) is 0.622. The summed E-state index contributed by atoms with van der Waals surface area (Å²) in [5, 5.41) is 0. The zero-order valence-corrected chi connectivity index (χ0v) is 33.8. The third kappa shape index (κ3) is 17.0. The zero-order chi connectivity index (χ0) is 37.5. The first-order valence-corrected chi connectivity index (χ1v) is 22.2. The van der Waals surface area contributed by atoms with Crippen molar-refractivity contribution >= 4 is 17.9 Å². The van der Waals surface area contributed by atoms with Crippen LogP contribution in [0.4, 0.5) is 0 Å². The molecule has 0 aromatic rings. The van der Waals surface area contributed by atoms with Crippen LogP contribution < -0.4 is 0 Å². The van der Waals surface area contributed by atoms with Crippen LogP contribution in [0, 0.1) is 29.6 Å². The Morgan fingerprint density at radius 1 is 0.623 bits per heavy atom. The number of rotatable bonds is 24. The van der Waals surface area contributed by atoms with Gasteiger partial charge in [0.1, 0.15) is 19.8 Å². The van der Waals surface area contributed by atoms with Crippen molar-refractivity contribution in [3.8, 4) is 0 Å². The van der Waals surface area contributed by atoms with E-state index in [-0.39, 0.29) is 55.5 Å². The molecule has 2 bridgehead atoms. The lowest BCUT2D eigenvalue weighted by Gasteiger charge is -2.41. The van der Waals surface area contributed by atoms with Crippen molar-refractivity contribution < 1.29 is 28.6 Å². The van der Waals surface area contributed by atoms with Gasteiger partial charge < -0.3 is 24.0 Å². The second kappa shape index (κ2) is 25.8. The summed E-state index contributed by atoms with van der Waals surface area (Å²) in [4.78, 5) is 44.2.